The fourth-order valence-electron chi connectivity index (χ4n) is 4.50. The van der Waals surface area contributed by atoms with E-state index in [0.29, 0.717) is 5.92 Å². The van der Waals surface area contributed by atoms with E-state index in [9.17, 15) is 0 Å². The van der Waals surface area contributed by atoms with E-state index < -0.39 is 0 Å². The Morgan fingerprint density at radius 3 is 1.76 bits per heavy atom. The van der Waals surface area contributed by atoms with E-state index in [1.54, 1.807) is 0 Å². The third-order valence-corrected chi connectivity index (χ3v) is 6.88. The summed E-state index contributed by atoms with van der Waals surface area (Å²) in [5.74, 6) is 0.551. The molecule has 2 aliphatic rings. The van der Waals surface area contributed by atoms with E-state index in [2.05, 4.69) is 128 Å². The summed E-state index contributed by atoms with van der Waals surface area (Å²) >= 11 is 1.30. The second kappa shape index (κ2) is 18.2. The van der Waals surface area contributed by atoms with Gasteiger partial charge >= 0.3 is 28.4 Å². The Balaban J connectivity index is 0. The maximum atomic E-state index is 3.67. The van der Waals surface area contributed by atoms with Gasteiger partial charge in [0.15, 0.2) is 0 Å². The Labute approximate surface area is 280 Å². The van der Waals surface area contributed by atoms with Gasteiger partial charge in [0.1, 0.15) is 0 Å². The third kappa shape index (κ3) is 12.3. The monoisotopic (exact) mass is 666 g/mol. The predicted molar refractivity (Wildman–Crippen MR) is 184 cm³/mol. The normalized spacial score (nSPS) is 14.1. The van der Waals surface area contributed by atoms with E-state index in [0.717, 1.165) is 6.42 Å². The van der Waals surface area contributed by atoms with Crippen LogP contribution >= 0.6 is 24.8 Å². The van der Waals surface area contributed by atoms with Crippen molar-refractivity contribution in [2.24, 2.45) is 5.92 Å². The molecule has 0 amide bonds. The van der Waals surface area contributed by atoms with Crippen molar-refractivity contribution in [2.45, 2.75) is 86.5 Å². The Morgan fingerprint density at radius 1 is 0.805 bits per heavy atom. The van der Waals surface area contributed by atoms with Crippen molar-refractivity contribution in [1.29, 1.82) is 0 Å². The van der Waals surface area contributed by atoms with Crippen LogP contribution in [0.4, 0.5) is 0 Å². The molecular weight excluding hydrogens is 619 g/mol. The van der Waals surface area contributed by atoms with Crippen LogP contribution in [0.5, 0.6) is 0 Å². The molecule has 5 rings (SSSR count). The van der Waals surface area contributed by atoms with Gasteiger partial charge in [-0.2, -0.15) is 65.7 Å². The number of benzene rings is 3. The Kier molecular flexibility index (Phi) is 18.5. The van der Waals surface area contributed by atoms with Gasteiger partial charge in [0.25, 0.3) is 0 Å². The van der Waals surface area contributed by atoms with E-state index in [1.165, 1.54) is 74.3 Å². The smallest absolute Gasteiger partial charge is 0.358 e. The Bertz CT molecular complexity index is 1190. The zero-order chi connectivity index (χ0) is 28.7. The number of allylic oxidation sites excluding steroid dienone is 4. The number of hydrogen-bond acceptors (Lipinski definition) is 0. The van der Waals surface area contributed by atoms with E-state index >= 15 is 0 Å². The first-order chi connectivity index (χ1) is 17.8. The number of aryl methyl sites for hydroxylation is 1. The largest absolute Gasteiger partial charge is 0.358 e. The Hall–Kier alpha value is -1.53. The summed E-state index contributed by atoms with van der Waals surface area (Å²) in [4.78, 5) is 0. The van der Waals surface area contributed by atoms with E-state index in [4.69, 9.17) is 0 Å². The van der Waals surface area contributed by atoms with Crippen molar-refractivity contribution in [1.82, 2.24) is 0 Å². The summed E-state index contributed by atoms with van der Waals surface area (Å²) in [5.41, 5.74) is 12.7. The van der Waals surface area contributed by atoms with Gasteiger partial charge in [0, 0.05) is 0 Å². The molecule has 0 aliphatic heterocycles. The average molecular weight is 669 g/mol. The first kappa shape index (κ1) is 41.6. The van der Waals surface area contributed by atoms with Crippen molar-refractivity contribution in [3.63, 3.8) is 0 Å². The fourth-order valence-corrected chi connectivity index (χ4v) is 4.50. The third-order valence-electron chi connectivity index (χ3n) is 6.88. The van der Waals surface area contributed by atoms with E-state index in [1.807, 2.05) is 24.3 Å². The van der Waals surface area contributed by atoms with Gasteiger partial charge in [0.05, 0.1) is 0 Å². The molecule has 1 unspecified atom stereocenters. The van der Waals surface area contributed by atoms with Crippen LogP contribution < -0.4 is 0 Å². The van der Waals surface area contributed by atoms with Crippen LogP contribution in [0, 0.1) is 38.5 Å². The molecule has 0 spiro atoms. The fraction of sp³-hybridized carbons (Fsp3) is 0.368. The molecule has 3 aromatic carbocycles. The maximum Gasteiger partial charge on any atom is -0.358 e. The summed E-state index contributed by atoms with van der Waals surface area (Å²) < 4.78 is 3.34. The standard InChI is InChI=1S/C21H25.C8H11.C7H7.CH3.CH2.2ClH.Zr/c1-20(2,3)16-7-9-18-14(12-16)11-15-13-17(21(4,5)6)8-10-19(15)18;1-6-4-7(2)8(3)5-6;1-7-5-3-2-4-6-7;;;;;/h7-10,12H,11H2,1-6H3;4,6H,1-3H3;3-6H,1H3;1H3;1H2;2*1H;/q4*-1;;;;. The number of hydrogen-bond donors (Lipinski definition) is 0. The summed E-state index contributed by atoms with van der Waals surface area (Å²) in [6, 6.07) is 26.0. The minimum absolute atomic E-state index is 0. The molecule has 1 atom stereocenters. The van der Waals surface area contributed by atoms with Crippen LogP contribution in [0.1, 0.15) is 90.1 Å². The van der Waals surface area contributed by atoms with Crippen LogP contribution in [0.25, 0.3) is 11.1 Å². The SMILES string of the molecule is CC(C)(C)c1[c-]c2c(cc1)-c1ccc(C(C)(C)C)cc1C2.CC1=[C-]C(C)C=C1C.Cc1cc[c-]cc1.Cl.Cl.[CH2]=[Zr].[CH3-]. The van der Waals surface area contributed by atoms with Gasteiger partial charge < -0.3 is 7.43 Å². The number of rotatable bonds is 0. The van der Waals surface area contributed by atoms with Crippen molar-refractivity contribution >= 4 is 29.0 Å². The number of fused-ring (bicyclic) bond motifs is 3. The van der Waals surface area contributed by atoms with Crippen LogP contribution in [0.3, 0.4) is 0 Å². The van der Waals surface area contributed by atoms with Gasteiger partial charge in [-0.3, -0.25) is 6.08 Å². The molecule has 0 radical (unpaired) electrons. The van der Waals surface area contributed by atoms with Crippen LogP contribution in [-0.2, 0) is 41.5 Å². The van der Waals surface area contributed by atoms with Crippen molar-refractivity contribution < 1.29 is 24.2 Å². The zero-order valence-electron chi connectivity index (χ0n) is 27.1. The molecule has 0 saturated carbocycles. The molecule has 0 bridgehead atoms. The zero-order valence-corrected chi connectivity index (χ0v) is 31.2. The van der Waals surface area contributed by atoms with Crippen molar-refractivity contribution in [2.75, 3.05) is 0 Å². The minimum Gasteiger partial charge on any atom is -0.358 e. The first-order valence-electron chi connectivity index (χ1n) is 13.5. The first-order valence-corrected chi connectivity index (χ1v) is 15.3. The van der Waals surface area contributed by atoms with Crippen molar-refractivity contribution in [3.8, 4) is 11.1 Å². The molecule has 0 fully saturated rings. The Morgan fingerprint density at radius 2 is 1.37 bits per heavy atom. The summed E-state index contributed by atoms with van der Waals surface area (Å²) in [6.07, 6.45) is 6.55. The molecule has 0 heterocycles. The average Bonchev–Trinajstić information content (AvgIpc) is 3.37. The molecule has 2 aliphatic carbocycles. The molecular formula is C38H50Cl2Zr-4. The second-order valence-electron chi connectivity index (χ2n) is 12.3. The maximum absolute atomic E-state index is 3.67. The molecule has 224 valence electrons. The quantitative estimate of drug-likeness (QED) is 0.164. The summed E-state index contributed by atoms with van der Waals surface area (Å²) in [6.45, 7) is 22.1. The summed E-state index contributed by atoms with van der Waals surface area (Å²) in [7, 11) is 0. The molecule has 0 N–H and O–H groups in total. The molecule has 41 heavy (non-hydrogen) atoms. The number of halogens is 2. The molecule has 0 nitrogen and oxygen atoms in total. The van der Waals surface area contributed by atoms with E-state index in [-0.39, 0.29) is 43.1 Å². The van der Waals surface area contributed by atoms with Crippen molar-refractivity contribution in [3.05, 3.63) is 125 Å². The summed E-state index contributed by atoms with van der Waals surface area (Å²) in [5, 5.41) is 0. The van der Waals surface area contributed by atoms with Gasteiger partial charge in [-0.05, 0) is 28.4 Å². The van der Waals surface area contributed by atoms with Gasteiger partial charge in [-0.1, -0.05) is 92.0 Å². The minimum atomic E-state index is 0. The topological polar surface area (TPSA) is 0 Å². The van der Waals surface area contributed by atoms with Crippen LogP contribution in [0.2, 0.25) is 0 Å². The predicted octanol–water partition coefficient (Wildman–Crippen LogP) is 11.0. The second-order valence-corrected chi connectivity index (χ2v) is 12.3. The van der Waals surface area contributed by atoms with Crippen LogP contribution in [0.15, 0.2) is 71.8 Å². The molecule has 0 saturated heterocycles. The molecule has 0 aromatic heterocycles. The molecule has 3 heteroatoms. The van der Waals surface area contributed by atoms with Gasteiger partial charge in [-0.25, -0.2) is 11.1 Å². The van der Waals surface area contributed by atoms with Gasteiger partial charge in [-0.15, -0.1) is 42.9 Å². The molecule has 3 aromatic rings. The van der Waals surface area contributed by atoms with Crippen LogP contribution in [-0.4, -0.2) is 4.21 Å². The van der Waals surface area contributed by atoms with Gasteiger partial charge in [0.2, 0.25) is 0 Å².